The number of methoxy groups -OCH3 is 1. The molecule has 0 unspecified atom stereocenters. The number of nitrogens with one attached hydrogen (secondary N) is 2. The predicted octanol–water partition coefficient (Wildman–Crippen LogP) is 1.42. The van der Waals surface area contributed by atoms with Gasteiger partial charge in [-0.15, -0.1) is 0 Å². The summed E-state index contributed by atoms with van der Waals surface area (Å²) in [6, 6.07) is 12.8. The maximum atomic E-state index is 12.6. The summed E-state index contributed by atoms with van der Waals surface area (Å²) in [6.07, 6.45) is 1.41. The van der Waals surface area contributed by atoms with E-state index in [1.54, 1.807) is 24.3 Å². The molecule has 0 aromatic heterocycles. The lowest BCUT2D eigenvalue weighted by Crippen LogP contribution is -2.36. The highest BCUT2D eigenvalue weighted by Crippen LogP contribution is 2.17. The molecule has 2 amide bonds. The number of amides is 2. The molecule has 29 heavy (non-hydrogen) atoms. The van der Waals surface area contributed by atoms with Crippen LogP contribution in [0.15, 0.2) is 58.5 Å². The van der Waals surface area contributed by atoms with Gasteiger partial charge in [-0.05, 0) is 36.4 Å². The van der Waals surface area contributed by atoms with E-state index in [0.717, 1.165) is 4.31 Å². The van der Waals surface area contributed by atoms with Crippen molar-refractivity contribution in [1.29, 1.82) is 0 Å². The minimum atomic E-state index is -3.88. The number of hydrazone groups is 1. The monoisotopic (exact) mass is 418 g/mol. The zero-order chi connectivity index (χ0) is 21.4. The molecular formula is C19H22N4O5S. The average molecular weight is 418 g/mol. The van der Waals surface area contributed by atoms with Crippen LogP contribution >= 0.6 is 0 Å². The first-order valence-electron chi connectivity index (χ1n) is 8.53. The van der Waals surface area contributed by atoms with E-state index < -0.39 is 22.5 Å². The molecular weight excluding hydrogens is 396 g/mol. The van der Waals surface area contributed by atoms with Gasteiger partial charge in [0.25, 0.3) is 5.91 Å². The Labute approximate surface area is 169 Å². The summed E-state index contributed by atoms with van der Waals surface area (Å²) in [6.45, 7) is 0.937. The number of sulfonamides is 1. The summed E-state index contributed by atoms with van der Waals surface area (Å²) < 4.78 is 31.3. The van der Waals surface area contributed by atoms with Crippen molar-refractivity contribution in [2.45, 2.75) is 11.8 Å². The van der Waals surface area contributed by atoms with Crippen molar-refractivity contribution in [3.8, 4) is 5.75 Å². The van der Waals surface area contributed by atoms with Crippen LogP contribution in [-0.2, 0) is 19.6 Å². The summed E-state index contributed by atoms with van der Waals surface area (Å²) in [4.78, 5) is 23.1. The molecule has 0 heterocycles. The fourth-order valence-corrected chi connectivity index (χ4v) is 3.49. The van der Waals surface area contributed by atoms with Gasteiger partial charge < -0.3 is 10.1 Å². The molecule has 154 valence electrons. The van der Waals surface area contributed by atoms with Crippen LogP contribution in [0.4, 0.5) is 5.69 Å². The molecule has 0 aliphatic carbocycles. The van der Waals surface area contributed by atoms with E-state index in [0.29, 0.717) is 17.0 Å². The van der Waals surface area contributed by atoms with Crippen molar-refractivity contribution >= 4 is 33.7 Å². The van der Waals surface area contributed by atoms with Gasteiger partial charge in [0.05, 0.1) is 24.8 Å². The number of ether oxygens (including phenoxy) is 1. The number of para-hydroxylation sites is 1. The highest BCUT2D eigenvalue weighted by molar-refractivity contribution is 7.89. The van der Waals surface area contributed by atoms with Crippen molar-refractivity contribution < 1.29 is 22.7 Å². The van der Waals surface area contributed by atoms with Crippen molar-refractivity contribution in [3.05, 3.63) is 54.1 Å². The quantitative estimate of drug-likeness (QED) is 0.497. The van der Waals surface area contributed by atoms with Gasteiger partial charge in [0.15, 0.2) is 0 Å². The Morgan fingerprint density at radius 1 is 1.14 bits per heavy atom. The number of anilines is 1. The average Bonchev–Trinajstić information content (AvgIpc) is 2.68. The number of rotatable bonds is 8. The number of nitrogens with zero attached hydrogens (tertiary/aromatic N) is 2. The van der Waals surface area contributed by atoms with Crippen molar-refractivity contribution in [2.75, 3.05) is 26.0 Å². The molecule has 2 aromatic rings. The summed E-state index contributed by atoms with van der Waals surface area (Å²) in [5, 5.41) is 6.38. The number of benzene rings is 2. The fraction of sp³-hybridized carbons (Fsp3) is 0.211. The van der Waals surface area contributed by atoms with Gasteiger partial charge in [-0.25, -0.2) is 13.8 Å². The van der Waals surface area contributed by atoms with E-state index in [-0.39, 0.29) is 10.8 Å². The Hall–Kier alpha value is -3.24. The van der Waals surface area contributed by atoms with Crippen LogP contribution in [0.2, 0.25) is 0 Å². The molecule has 0 saturated carbocycles. The molecule has 0 bridgehead atoms. The minimum absolute atomic E-state index is 0.000532. The molecule has 0 aliphatic heterocycles. The van der Waals surface area contributed by atoms with Crippen LogP contribution in [0.3, 0.4) is 0 Å². The molecule has 9 nitrogen and oxygen atoms in total. The fourth-order valence-electron chi connectivity index (χ4n) is 2.36. The molecule has 0 spiro atoms. The topological polar surface area (TPSA) is 117 Å². The maximum absolute atomic E-state index is 12.6. The Morgan fingerprint density at radius 3 is 2.41 bits per heavy atom. The molecule has 2 aromatic carbocycles. The molecule has 2 N–H and O–H groups in total. The smallest absolute Gasteiger partial charge is 0.255 e. The molecule has 0 radical (unpaired) electrons. The predicted molar refractivity (Wildman–Crippen MR) is 109 cm³/mol. The SMILES string of the molecule is COc1ccccc1/C=N/NC(=O)CN(C)S(=O)(=O)c1ccc(NC(C)=O)cc1. The van der Waals surface area contributed by atoms with Crippen molar-refractivity contribution in [3.63, 3.8) is 0 Å². The Bertz CT molecular complexity index is 1000. The number of hydrogen-bond donors (Lipinski definition) is 2. The molecule has 0 fully saturated rings. The lowest BCUT2D eigenvalue weighted by Gasteiger charge is -2.16. The number of hydrogen-bond acceptors (Lipinski definition) is 6. The summed E-state index contributed by atoms with van der Waals surface area (Å²) >= 11 is 0. The third-order valence-corrected chi connectivity index (χ3v) is 5.60. The van der Waals surface area contributed by atoms with Crippen LogP contribution < -0.4 is 15.5 Å². The number of carbonyl (C=O) groups excluding carboxylic acids is 2. The Balaban J connectivity index is 1.98. The van der Waals surface area contributed by atoms with Crippen LogP contribution in [0.25, 0.3) is 0 Å². The first-order valence-corrected chi connectivity index (χ1v) is 9.97. The highest BCUT2D eigenvalue weighted by atomic mass is 32.2. The molecule has 0 aliphatic rings. The number of carbonyl (C=O) groups is 2. The Morgan fingerprint density at radius 2 is 1.79 bits per heavy atom. The summed E-state index contributed by atoms with van der Waals surface area (Å²) in [5.41, 5.74) is 3.43. The van der Waals surface area contributed by atoms with E-state index in [4.69, 9.17) is 4.74 Å². The van der Waals surface area contributed by atoms with Crippen molar-refractivity contribution in [2.24, 2.45) is 5.10 Å². The van der Waals surface area contributed by atoms with E-state index in [2.05, 4.69) is 15.8 Å². The lowest BCUT2D eigenvalue weighted by molar-refractivity contribution is -0.121. The maximum Gasteiger partial charge on any atom is 0.255 e. The van der Waals surface area contributed by atoms with Crippen LogP contribution in [0, 0.1) is 0 Å². The van der Waals surface area contributed by atoms with Crippen LogP contribution in [0.1, 0.15) is 12.5 Å². The van der Waals surface area contributed by atoms with Gasteiger partial charge in [-0.3, -0.25) is 9.59 Å². The first kappa shape index (κ1) is 22.1. The van der Waals surface area contributed by atoms with Gasteiger partial charge in [0, 0.05) is 25.2 Å². The van der Waals surface area contributed by atoms with Gasteiger partial charge in [0.1, 0.15) is 5.75 Å². The normalized spacial score (nSPS) is 11.4. The Kier molecular flexibility index (Phi) is 7.46. The van der Waals surface area contributed by atoms with Gasteiger partial charge in [0.2, 0.25) is 15.9 Å². The van der Waals surface area contributed by atoms with Gasteiger partial charge in [-0.2, -0.15) is 9.41 Å². The summed E-state index contributed by atoms with van der Waals surface area (Å²) in [5.74, 6) is -0.270. The second-order valence-corrected chi connectivity index (χ2v) is 8.05. The van der Waals surface area contributed by atoms with Gasteiger partial charge >= 0.3 is 0 Å². The first-order chi connectivity index (χ1) is 13.7. The standard InChI is InChI=1S/C19H22N4O5S/c1-14(24)21-16-8-10-17(11-9-16)29(26,27)23(2)13-19(25)22-20-12-15-6-4-5-7-18(15)28-3/h4-12H,13H2,1-3H3,(H,21,24)(H,22,25)/b20-12+. The summed E-state index contributed by atoms with van der Waals surface area (Å²) in [7, 11) is -1.07. The van der Waals surface area contributed by atoms with Crippen LogP contribution in [-0.4, -0.2) is 51.5 Å². The molecule has 10 heteroatoms. The van der Waals surface area contributed by atoms with Gasteiger partial charge in [-0.1, -0.05) is 12.1 Å². The zero-order valence-electron chi connectivity index (χ0n) is 16.2. The molecule has 0 saturated heterocycles. The largest absolute Gasteiger partial charge is 0.496 e. The second kappa shape index (κ2) is 9.80. The van der Waals surface area contributed by atoms with E-state index in [1.165, 1.54) is 51.6 Å². The second-order valence-electron chi connectivity index (χ2n) is 6.00. The third-order valence-electron chi connectivity index (χ3n) is 3.78. The highest BCUT2D eigenvalue weighted by Gasteiger charge is 2.22. The molecule has 0 atom stereocenters. The van der Waals surface area contributed by atoms with E-state index >= 15 is 0 Å². The zero-order valence-corrected chi connectivity index (χ0v) is 17.1. The lowest BCUT2D eigenvalue weighted by atomic mass is 10.2. The van der Waals surface area contributed by atoms with E-state index in [1.807, 2.05) is 0 Å². The molecule has 2 rings (SSSR count). The minimum Gasteiger partial charge on any atom is -0.496 e. The van der Waals surface area contributed by atoms with E-state index in [9.17, 15) is 18.0 Å². The third kappa shape index (κ3) is 6.13. The van der Waals surface area contributed by atoms with Crippen molar-refractivity contribution in [1.82, 2.24) is 9.73 Å². The van der Waals surface area contributed by atoms with Crippen LogP contribution in [0.5, 0.6) is 5.75 Å². The number of likely N-dealkylation sites (N-methyl/N-ethyl adjacent to an activating group) is 1.